The molecule has 0 aliphatic carbocycles. The van der Waals surface area contributed by atoms with Crippen molar-refractivity contribution >= 4 is 65.6 Å². The molecule has 0 aliphatic heterocycles. The van der Waals surface area contributed by atoms with E-state index < -0.39 is 0 Å². The molecule has 0 radical (unpaired) electrons. The van der Waals surface area contributed by atoms with Gasteiger partial charge in [0.1, 0.15) is 11.2 Å². The van der Waals surface area contributed by atoms with E-state index in [1.807, 2.05) is 30.6 Å². The van der Waals surface area contributed by atoms with Gasteiger partial charge in [0.15, 0.2) is 0 Å². The highest BCUT2D eigenvalue weighted by Crippen LogP contribution is 2.42. The second-order valence-electron chi connectivity index (χ2n) is 10.1. The molecular weight excluding hydrogens is 478 g/mol. The molecule has 0 unspecified atom stereocenters. The van der Waals surface area contributed by atoms with Crippen molar-refractivity contribution in [2.75, 3.05) is 0 Å². The van der Waals surface area contributed by atoms with Crippen LogP contribution < -0.4 is 0 Å². The summed E-state index contributed by atoms with van der Waals surface area (Å²) in [5, 5.41) is 7.19. The van der Waals surface area contributed by atoms with Crippen LogP contribution in [-0.2, 0) is 0 Å². The average molecular weight is 500 g/mol. The van der Waals surface area contributed by atoms with Gasteiger partial charge in [0.05, 0.1) is 34.0 Å². The molecule has 39 heavy (non-hydrogen) atoms. The smallest absolute Gasteiger partial charge is 0.137 e. The summed E-state index contributed by atoms with van der Waals surface area (Å²) in [7, 11) is 0. The number of para-hydroxylation sites is 3. The van der Waals surface area contributed by atoms with Crippen LogP contribution in [-0.4, -0.2) is 14.1 Å². The van der Waals surface area contributed by atoms with Crippen molar-refractivity contribution in [2.45, 2.75) is 0 Å². The number of aromatic nitrogens is 3. The third-order valence-corrected chi connectivity index (χ3v) is 7.99. The lowest BCUT2D eigenvalue weighted by atomic mass is 10.1. The molecule has 4 nitrogen and oxygen atoms in total. The van der Waals surface area contributed by atoms with E-state index in [1.165, 1.54) is 38.1 Å². The molecule has 4 heteroatoms. The van der Waals surface area contributed by atoms with E-state index in [0.717, 1.165) is 38.8 Å². The van der Waals surface area contributed by atoms with Crippen molar-refractivity contribution in [1.82, 2.24) is 14.1 Å². The molecule has 4 heterocycles. The Hall–Kier alpha value is -5.35. The molecule has 9 rings (SSSR count). The Kier molecular flexibility index (Phi) is 4.02. The van der Waals surface area contributed by atoms with Gasteiger partial charge in [-0.1, -0.05) is 60.7 Å². The Balaban J connectivity index is 1.45. The van der Waals surface area contributed by atoms with Crippen LogP contribution in [0.4, 0.5) is 0 Å². The van der Waals surface area contributed by atoms with Gasteiger partial charge < -0.3 is 13.6 Å². The summed E-state index contributed by atoms with van der Waals surface area (Å²) in [5.41, 5.74) is 8.63. The fourth-order valence-electron chi connectivity index (χ4n) is 6.39. The molecule has 5 aromatic carbocycles. The summed E-state index contributed by atoms with van der Waals surface area (Å²) in [5.74, 6) is 0. The Morgan fingerprint density at radius 2 is 1.21 bits per heavy atom. The Labute approximate surface area is 222 Å². The van der Waals surface area contributed by atoms with Gasteiger partial charge >= 0.3 is 0 Å². The van der Waals surface area contributed by atoms with Gasteiger partial charge in [0, 0.05) is 50.3 Å². The highest BCUT2D eigenvalue weighted by Gasteiger charge is 2.21. The topological polar surface area (TPSA) is 35.9 Å². The summed E-state index contributed by atoms with van der Waals surface area (Å²) in [6.07, 6.45) is 3.77. The Morgan fingerprint density at radius 3 is 2.05 bits per heavy atom. The Morgan fingerprint density at radius 1 is 0.487 bits per heavy atom. The molecule has 182 valence electrons. The van der Waals surface area contributed by atoms with Gasteiger partial charge in [-0.15, -0.1) is 0 Å². The first-order chi connectivity index (χ1) is 19.4. The van der Waals surface area contributed by atoms with Crippen molar-refractivity contribution in [3.05, 3.63) is 128 Å². The van der Waals surface area contributed by atoms with E-state index in [0.29, 0.717) is 0 Å². The van der Waals surface area contributed by atoms with E-state index in [1.54, 1.807) is 0 Å². The van der Waals surface area contributed by atoms with Crippen molar-refractivity contribution in [2.24, 2.45) is 0 Å². The van der Waals surface area contributed by atoms with Crippen molar-refractivity contribution < 1.29 is 4.42 Å². The quantitative estimate of drug-likeness (QED) is 0.238. The number of benzene rings is 5. The zero-order valence-corrected chi connectivity index (χ0v) is 20.9. The van der Waals surface area contributed by atoms with Gasteiger partial charge in [-0.25, -0.2) is 0 Å². The molecule has 0 amide bonds. The molecule has 0 spiro atoms. The lowest BCUT2D eigenvalue weighted by Gasteiger charge is -2.09. The maximum absolute atomic E-state index is 6.28. The maximum atomic E-state index is 6.28. The average Bonchev–Trinajstić information content (AvgIpc) is 3.64. The second kappa shape index (κ2) is 7.59. The number of pyridine rings is 1. The van der Waals surface area contributed by atoms with Crippen molar-refractivity contribution in [3.63, 3.8) is 0 Å². The fraction of sp³-hybridized carbons (Fsp3) is 0. The van der Waals surface area contributed by atoms with Crippen LogP contribution in [0.5, 0.6) is 0 Å². The highest BCUT2D eigenvalue weighted by atomic mass is 16.3. The highest BCUT2D eigenvalue weighted by molar-refractivity contribution is 6.26. The molecular formula is C35H21N3O. The zero-order chi connectivity index (χ0) is 25.5. The van der Waals surface area contributed by atoms with Gasteiger partial charge in [-0.3, -0.25) is 4.98 Å². The molecule has 0 N–H and O–H groups in total. The Bertz CT molecular complexity index is 2390. The minimum Gasteiger partial charge on any atom is -0.456 e. The lowest BCUT2D eigenvalue weighted by molar-refractivity contribution is 0.668. The van der Waals surface area contributed by atoms with Gasteiger partial charge in [0.25, 0.3) is 0 Å². The van der Waals surface area contributed by atoms with Crippen LogP contribution in [0.15, 0.2) is 132 Å². The van der Waals surface area contributed by atoms with E-state index >= 15 is 0 Å². The minimum atomic E-state index is 0.894. The second-order valence-corrected chi connectivity index (χ2v) is 10.1. The molecule has 0 fully saturated rings. The van der Waals surface area contributed by atoms with E-state index in [4.69, 9.17) is 4.42 Å². The van der Waals surface area contributed by atoms with Crippen LogP contribution in [0, 0.1) is 0 Å². The van der Waals surface area contributed by atoms with Crippen molar-refractivity contribution in [3.8, 4) is 11.4 Å². The monoisotopic (exact) mass is 499 g/mol. The third kappa shape index (κ3) is 2.75. The van der Waals surface area contributed by atoms with Crippen LogP contribution in [0.2, 0.25) is 0 Å². The molecule has 0 aliphatic rings. The number of hydrogen-bond acceptors (Lipinski definition) is 2. The normalized spacial score (nSPS) is 12.1. The molecule has 0 bridgehead atoms. The maximum Gasteiger partial charge on any atom is 0.137 e. The summed E-state index contributed by atoms with van der Waals surface area (Å²) < 4.78 is 11.0. The summed E-state index contributed by atoms with van der Waals surface area (Å²) in [4.78, 5) is 4.46. The molecule has 0 saturated carbocycles. The first-order valence-electron chi connectivity index (χ1n) is 13.1. The predicted molar refractivity (Wildman–Crippen MR) is 160 cm³/mol. The molecule has 4 aromatic heterocycles. The summed E-state index contributed by atoms with van der Waals surface area (Å²) in [6, 6.07) is 40.8. The van der Waals surface area contributed by atoms with Crippen LogP contribution in [0.3, 0.4) is 0 Å². The number of hydrogen-bond donors (Lipinski definition) is 0. The fourth-order valence-corrected chi connectivity index (χ4v) is 6.39. The van der Waals surface area contributed by atoms with Crippen LogP contribution >= 0.6 is 0 Å². The first kappa shape index (κ1) is 20.7. The molecule has 0 saturated heterocycles. The minimum absolute atomic E-state index is 0.894. The van der Waals surface area contributed by atoms with Gasteiger partial charge in [-0.05, 0) is 48.5 Å². The SMILES string of the molecule is c1cncc(-n2c3ccccc3c3ccc4c(c5ccccc5n4-c4ccc5c(c4)oc4ccccc45)c32)c1. The molecule has 0 atom stereocenters. The number of nitrogens with zero attached hydrogens (tertiary/aromatic N) is 3. The standard InChI is InChI=1S/C35H21N3O/c1-4-12-29-24(9-1)27-17-18-31-34(35(27)38(29)23-8-7-19-36-21-23)28-11-2-5-13-30(28)37(31)22-15-16-26-25-10-3-6-14-32(25)39-33(26)20-22/h1-21H. The van der Waals surface area contributed by atoms with E-state index in [-0.39, 0.29) is 0 Å². The van der Waals surface area contributed by atoms with Crippen LogP contribution in [0.25, 0.3) is 76.9 Å². The molecule has 9 aromatic rings. The number of furan rings is 1. The third-order valence-electron chi connectivity index (χ3n) is 7.99. The number of fused-ring (bicyclic) bond motifs is 10. The summed E-state index contributed by atoms with van der Waals surface area (Å²) >= 11 is 0. The number of rotatable bonds is 2. The van der Waals surface area contributed by atoms with E-state index in [2.05, 4.69) is 111 Å². The summed E-state index contributed by atoms with van der Waals surface area (Å²) in [6.45, 7) is 0. The first-order valence-corrected chi connectivity index (χ1v) is 13.1. The van der Waals surface area contributed by atoms with Gasteiger partial charge in [0.2, 0.25) is 0 Å². The largest absolute Gasteiger partial charge is 0.456 e. The lowest BCUT2D eigenvalue weighted by Crippen LogP contribution is -1.95. The van der Waals surface area contributed by atoms with Gasteiger partial charge in [-0.2, -0.15) is 0 Å². The zero-order valence-electron chi connectivity index (χ0n) is 20.9. The van der Waals surface area contributed by atoms with Crippen LogP contribution in [0.1, 0.15) is 0 Å². The van der Waals surface area contributed by atoms with E-state index in [9.17, 15) is 0 Å². The van der Waals surface area contributed by atoms with Crippen molar-refractivity contribution in [1.29, 1.82) is 0 Å². The predicted octanol–water partition coefficient (Wildman–Crippen LogP) is 9.18.